The average molecular weight is 288 g/mol. The minimum Gasteiger partial charge on any atom is -0.314 e. The monoisotopic (exact) mass is 288 g/mol. The molecule has 0 amide bonds. The molecule has 3 rings (SSSR count). The molecular formula is C16H21FN4. The van der Waals surface area contributed by atoms with E-state index in [0.29, 0.717) is 12.0 Å². The van der Waals surface area contributed by atoms with Crippen molar-refractivity contribution in [2.75, 3.05) is 6.54 Å². The van der Waals surface area contributed by atoms with Crippen LogP contribution >= 0.6 is 0 Å². The lowest BCUT2D eigenvalue weighted by molar-refractivity contribution is 0.463. The van der Waals surface area contributed by atoms with Crippen LogP contribution in [-0.4, -0.2) is 27.6 Å². The molecule has 1 aromatic carbocycles. The van der Waals surface area contributed by atoms with Crippen molar-refractivity contribution in [3.05, 3.63) is 47.5 Å². The number of aromatic nitrogens is 3. The van der Waals surface area contributed by atoms with Gasteiger partial charge in [0.2, 0.25) is 0 Å². The quantitative estimate of drug-likeness (QED) is 0.848. The average Bonchev–Trinajstić information content (AvgIpc) is 3.19. The number of hydrogen-bond acceptors (Lipinski definition) is 3. The Hall–Kier alpha value is -1.75. The number of benzene rings is 1. The molecule has 1 unspecified atom stereocenters. The van der Waals surface area contributed by atoms with Crippen LogP contribution < -0.4 is 5.32 Å². The minimum atomic E-state index is -0.166. The summed E-state index contributed by atoms with van der Waals surface area (Å²) in [6.45, 7) is 0.942. The Labute approximate surface area is 124 Å². The van der Waals surface area contributed by atoms with Gasteiger partial charge in [-0.3, -0.25) is 4.68 Å². The van der Waals surface area contributed by atoms with Crippen LogP contribution in [0, 0.1) is 11.7 Å². The van der Waals surface area contributed by atoms with Gasteiger partial charge in [0.15, 0.2) is 0 Å². The summed E-state index contributed by atoms with van der Waals surface area (Å²) in [5.74, 6) is 0.241. The van der Waals surface area contributed by atoms with Gasteiger partial charge in [-0.2, -0.15) is 0 Å². The van der Waals surface area contributed by atoms with Crippen LogP contribution in [0.2, 0.25) is 0 Å². The Bertz CT molecular complexity index is 591. The third-order valence-corrected chi connectivity index (χ3v) is 3.83. The van der Waals surface area contributed by atoms with Crippen LogP contribution in [0.1, 0.15) is 24.1 Å². The predicted octanol–water partition coefficient (Wildman–Crippen LogP) is 2.11. The molecule has 1 aliphatic rings. The maximum atomic E-state index is 13.3. The molecule has 1 saturated carbocycles. The molecule has 0 bridgehead atoms. The van der Waals surface area contributed by atoms with Crippen LogP contribution in [0.3, 0.4) is 0 Å². The zero-order valence-corrected chi connectivity index (χ0v) is 12.3. The van der Waals surface area contributed by atoms with Gasteiger partial charge in [0.05, 0.1) is 5.69 Å². The molecule has 1 heterocycles. The number of aryl methyl sites for hydroxylation is 1. The van der Waals surface area contributed by atoms with E-state index in [4.69, 9.17) is 0 Å². The Morgan fingerprint density at radius 3 is 2.90 bits per heavy atom. The summed E-state index contributed by atoms with van der Waals surface area (Å²) in [4.78, 5) is 0. The first-order chi connectivity index (χ1) is 10.2. The Morgan fingerprint density at radius 2 is 2.24 bits per heavy atom. The number of hydrogen-bond donors (Lipinski definition) is 1. The molecule has 0 spiro atoms. The van der Waals surface area contributed by atoms with E-state index in [0.717, 1.165) is 30.6 Å². The van der Waals surface area contributed by atoms with E-state index in [2.05, 4.69) is 15.6 Å². The lowest BCUT2D eigenvalue weighted by atomic mass is 9.94. The number of rotatable bonds is 7. The van der Waals surface area contributed by atoms with Gasteiger partial charge in [0.1, 0.15) is 5.82 Å². The second-order valence-corrected chi connectivity index (χ2v) is 5.97. The molecule has 4 nitrogen and oxygen atoms in total. The SMILES string of the molecule is Cn1cc(CC(CNC2CC2)Cc2cccc(F)c2)nn1. The lowest BCUT2D eigenvalue weighted by Crippen LogP contribution is -2.27. The molecule has 1 N–H and O–H groups in total. The topological polar surface area (TPSA) is 42.7 Å². The summed E-state index contributed by atoms with van der Waals surface area (Å²) >= 11 is 0. The third kappa shape index (κ3) is 4.36. The maximum Gasteiger partial charge on any atom is 0.123 e. The van der Waals surface area contributed by atoms with E-state index in [1.54, 1.807) is 16.8 Å². The maximum absolute atomic E-state index is 13.3. The van der Waals surface area contributed by atoms with Crippen molar-refractivity contribution in [1.29, 1.82) is 0 Å². The third-order valence-electron chi connectivity index (χ3n) is 3.83. The van der Waals surface area contributed by atoms with E-state index in [1.165, 1.54) is 18.9 Å². The molecule has 0 saturated heterocycles. The van der Waals surface area contributed by atoms with E-state index in [-0.39, 0.29) is 5.82 Å². The summed E-state index contributed by atoms with van der Waals surface area (Å²) in [6, 6.07) is 7.56. The fraction of sp³-hybridized carbons (Fsp3) is 0.500. The summed E-state index contributed by atoms with van der Waals surface area (Å²) < 4.78 is 15.1. The zero-order chi connectivity index (χ0) is 14.7. The largest absolute Gasteiger partial charge is 0.314 e. The van der Waals surface area contributed by atoms with Gasteiger partial charge in [-0.05, 0) is 55.8 Å². The van der Waals surface area contributed by atoms with Gasteiger partial charge < -0.3 is 5.32 Å². The first kappa shape index (κ1) is 14.2. The molecule has 0 aliphatic heterocycles. The lowest BCUT2D eigenvalue weighted by Gasteiger charge is -2.16. The van der Waals surface area contributed by atoms with Crippen molar-refractivity contribution in [3.8, 4) is 0 Å². The molecule has 0 radical (unpaired) electrons. The standard InChI is InChI=1S/C16H21FN4/c1-21-11-16(19-20-21)9-13(10-18-15-5-6-15)7-12-3-2-4-14(17)8-12/h2-4,8,11,13,15,18H,5-7,9-10H2,1H3. The molecule has 2 aromatic rings. The number of halogens is 1. The van der Waals surface area contributed by atoms with Gasteiger partial charge in [-0.25, -0.2) is 4.39 Å². The van der Waals surface area contributed by atoms with Gasteiger partial charge >= 0.3 is 0 Å². The van der Waals surface area contributed by atoms with E-state index in [1.807, 2.05) is 19.3 Å². The molecule has 1 fully saturated rings. The van der Waals surface area contributed by atoms with Crippen LogP contribution in [-0.2, 0) is 19.9 Å². The van der Waals surface area contributed by atoms with Crippen molar-refractivity contribution in [1.82, 2.24) is 20.3 Å². The Balaban J connectivity index is 1.65. The summed E-state index contributed by atoms with van der Waals surface area (Å²) in [5.41, 5.74) is 2.04. The van der Waals surface area contributed by atoms with E-state index >= 15 is 0 Å². The van der Waals surface area contributed by atoms with Gasteiger partial charge in [-0.1, -0.05) is 17.3 Å². The molecule has 21 heavy (non-hydrogen) atoms. The van der Waals surface area contributed by atoms with Crippen LogP contribution in [0.4, 0.5) is 4.39 Å². The first-order valence-electron chi connectivity index (χ1n) is 7.52. The van der Waals surface area contributed by atoms with Gasteiger partial charge in [0, 0.05) is 19.3 Å². The summed E-state index contributed by atoms with van der Waals surface area (Å²) in [6.07, 6.45) is 6.23. The molecule has 1 aliphatic carbocycles. The van der Waals surface area contributed by atoms with Gasteiger partial charge in [0.25, 0.3) is 0 Å². The van der Waals surface area contributed by atoms with Crippen LogP contribution in [0.25, 0.3) is 0 Å². The smallest absolute Gasteiger partial charge is 0.123 e. The Kier molecular flexibility index (Phi) is 4.29. The Morgan fingerprint density at radius 1 is 1.38 bits per heavy atom. The fourth-order valence-electron chi connectivity index (χ4n) is 2.62. The minimum absolute atomic E-state index is 0.166. The van der Waals surface area contributed by atoms with E-state index in [9.17, 15) is 4.39 Å². The fourth-order valence-corrected chi connectivity index (χ4v) is 2.62. The molecule has 1 aromatic heterocycles. The predicted molar refractivity (Wildman–Crippen MR) is 79.3 cm³/mol. The van der Waals surface area contributed by atoms with E-state index < -0.39 is 0 Å². The molecule has 112 valence electrons. The van der Waals surface area contributed by atoms with Crippen molar-refractivity contribution >= 4 is 0 Å². The van der Waals surface area contributed by atoms with Crippen LogP contribution in [0.5, 0.6) is 0 Å². The second kappa shape index (κ2) is 6.35. The van der Waals surface area contributed by atoms with Crippen LogP contribution in [0.15, 0.2) is 30.5 Å². The molecule has 1 atom stereocenters. The highest BCUT2D eigenvalue weighted by molar-refractivity contribution is 5.17. The van der Waals surface area contributed by atoms with Crippen molar-refractivity contribution < 1.29 is 4.39 Å². The highest BCUT2D eigenvalue weighted by atomic mass is 19.1. The highest BCUT2D eigenvalue weighted by Crippen LogP contribution is 2.20. The normalized spacial score (nSPS) is 16.1. The number of nitrogens with zero attached hydrogens (tertiary/aromatic N) is 3. The molecular weight excluding hydrogens is 267 g/mol. The van der Waals surface area contributed by atoms with Crippen molar-refractivity contribution in [2.45, 2.75) is 31.7 Å². The zero-order valence-electron chi connectivity index (χ0n) is 12.3. The van der Waals surface area contributed by atoms with Crippen molar-refractivity contribution in [2.24, 2.45) is 13.0 Å². The highest BCUT2D eigenvalue weighted by Gasteiger charge is 2.22. The molecule has 5 heteroatoms. The van der Waals surface area contributed by atoms with Crippen molar-refractivity contribution in [3.63, 3.8) is 0 Å². The summed E-state index contributed by atoms with van der Waals surface area (Å²) in [7, 11) is 1.88. The first-order valence-corrected chi connectivity index (χ1v) is 7.52. The number of nitrogens with one attached hydrogen (secondary N) is 1. The summed E-state index contributed by atoms with van der Waals surface area (Å²) in [5, 5.41) is 11.7. The second-order valence-electron chi connectivity index (χ2n) is 5.97. The van der Waals surface area contributed by atoms with Gasteiger partial charge in [-0.15, -0.1) is 5.10 Å².